The molecule has 1 aliphatic rings. The van der Waals surface area contributed by atoms with Crippen LogP contribution in [0.5, 0.6) is 0 Å². The van der Waals surface area contributed by atoms with Crippen LogP contribution in [0, 0.1) is 5.82 Å². The first-order valence-corrected chi connectivity index (χ1v) is 8.32. The fraction of sp³-hybridized carbons (Fsp3) is 0.250. The molecule has 0 saturated carbocycles. The van der Waals surface area contributed by atoms with Crippen LogP contribution in [-0.4, -0.2) is 16.9 Å². The molecule has 1 aliphatic carbocycles. The summed E-state index contributed by atoms with van der Waals surface area (Å²) in [7, 11) is 0. The molecule has 1 atom stereocenters. The number of H-pyrrole nitrogens is 1. The van der Waals surface area contributed by atoms with E-state index in [1.807, 2.05) is 12.1 Å². The van der Waals surface area contributed by atoms with Crippen LogP contribution >= 0.6 is 0 Å². The minimum Gasteiger partial charge on any atom is -0.358 e. The number of rotatable bonds is 3. The summed E-state index contributed by atoms with van der Waals surface area (Å²) < 4.78 is 13.7. The van der Waals surface area contributed by atoms with Crippen molar-refractivity contribution in [2.45, 2.75) is 31.7 Å². The maximum atomic E-state index is 13.7. The van der Waals surface area contributed by atoms with E-state index in [0.29, 0.717) is 5.56 Å². The highest BCUT2D eigenvalue weighted by atomic mass is 19.1. The highest BCUT2D eigenvalue weighted by Gasteiger charge is 2.23. The van der Waals surface area contributed by atoms with Crippen molar-refractivity contribution in [3.05, 3.63) is 71.2 Å². The molecule has 0 radical (unpaired) electrons. The monoisotopic (exact) mass is 322 g/mol. The van der Waals surface area contributed by atoms with E-state index in [1.165, 1.54) is 22.7 Å². The van der Waals surface area contributed by atoms with E-state index in [4.69, 9.17) is 0 Å². The molecule has 2 N–H and O–H groups in total. The highest BCUT2D eigenvalue weighted by molar-refractivity contribution is 5.85. The number of hydrogen-bond donors (Lipinski definition) is 2. The van der Waals surface area contributed by atoms with Gasteiger partial charge in [0.1, 0.15) is 5.82 Å². The first-order chi connectivity index (χ1) is 11.7. The Bertz CT molecular complexity index is 900. The zero-order valence-corrected chi connectivity index (χ0v) is 13.3. The second-order valence-electron chi connectivity index (χ2n) is 6.40. The third-order valence-electron chi connectivity index (χ3n) is 4.77. The molecule has 3 nitrogen and oxygen atoms in total. The number of carbonyl (C=O) groups is 1. The number of aromatic amines is 1. The largest absolute Gasteiger partial charge is 0.358 e. The minimum absolute atomic E-state index is 0.0872. The van der Waals surface area contributed by atoms with Gasteiger partial charge in [0.05, 0.1) is 6.42 Å². The van der Waals surface area contributed by atoms with Crippen molar-refractivity contribution in [1.82, 2.24) is 10.3 Å². The molecule has 1 amide bonds. The van der Waals surface area contributed by atoms with E-state index in [9.17, 15) is 9.18 Å². The Morgan fingerprint density at radius 3 is 2.83 bits per heavy atom. The Morgan fingerprint density at radius 1 is 1.17 bits per heavy atom. The van der Waals surface area contributed by atoms with E-state index in [0.717, 1.165) is 24.8 Å². The maximum absolute atomic E-state index is 13.7. The molecule has 1 unspecified atom stereocenters. The number of benzene rings is 2. The van der Waals surface area contributed by atoms with Crippen LogP contribution in [0.25, 0.3) is 10.9 Å². The first-order valence-electron chi connectivity index (χ1n) is 8.32. The fourth-order valence-corrected chi connectivity index (χ4v) is 3.59. The van der Waals surface area contributed by atoms with E-state index in [2.05, 4.69) is 22.4 Å². The summed E-state index contributed by atoms with van der Waals surface area (Å²) in [6.45, 7) is 0. The lowest BCUT2D eigenvalue weighted by Crippen LogP contribution is -2.39. The summed E-state index contributed by atoms with van der Waals surface area (Å²) in [5.41, 5.74) is 4.17. The van der Waals surface area contributed by atoms with Crippen LogP contribution in [0.15, 0.2) is 48.5 Å². The zero-order valence-electron chi connectivity index (χ0n) is 13.3. The maximum Gasteiger partial charge on any atom is 0.224 e. The van der Waals surface area contributed by atoms with Gasteiger partial charge in [0.15, 0.2) is 0 Å². The van der Waals surface area contributed by atoms with Crippen LogP contribution in [0.1, 0.15) is 23.2 Å². The van der Waals surface area contributed by atoms with Crippen LogP contribution in [-0.2, 0) is 24.1 Å². The molecular weight excluding hydrogens is 303 g/mol. The predicted molar refractivity (Wildman–Crippen MR) is 92.4 cm³/mol. The Morgan fingerprint density at radius 2 is 1.96 bits per heavy atom. The van der Waals surface area contributed by atoms with E-state index < -0.39 is 0 Å². The number of hydrogen-bond acceptors (Lipinski definition) is 1. The number of para-hydroxylation sites is 1. The quantitative estimate of drug-likeness (QED) is 0.761. The van der Waals surface area contributed by atoms with Gasteiger partial charge in [-0.05, 0) is 42.5 Å². The van der Waals surface area contributed by atoms with Gasteiger partial charge in [-0.15, -0.1) is 0 Å². The second-order valence-corrected chi connectivity index (χ2v) is 6.40. The van der Waals surface area contributed by atoms with Gasteiger partial charge >= 0.3 is 0 Å². The molecule has 1 aromatic heterocycles. The van der Waals surface area contributed by atoms with E-state index >= 15 is 0 Å². The third-order valence-corrected chi connectivity index (χ3v) is 4.77. The molecule has 122 valence electrons. The Kier molecular flexibility index (Phi) is 3.81. The van der Waals surface area contributed by atoms with Crippen molar-refractivity contribution in [3.8, 4) is 0 Å². The molecule has 4 heteroatoms. The lowest BCUT2D eigenvalue weighted by Gasteiger charge is -2.23. The van der Waals surface area contributed by atoms with Crippen molar-refractivity contribution in [2.75, 3.05) is 0 Å². The normalized spacial score (nSPS) is 16.8. The predicted octanol–water partition coefficient (Wildman–Crippen LogP) is 3.52. The van der Waals surface area contributed by atoms with Gasteiger partial charge in [-0.3, -0.25) is 4.79 Å². The van der Waals surface area contributed by atoms with Crippen molar-refractivity contribution in [3.63, 3.8) is 0 Å². The Labute approximate surface area is 139 Å². The number of amides is 1. The summed E-state index contributed by atoms with van der Waals surface area (Å²) >= 11 is 0. The number of halogens is 1. The average molecular weight is 322 g/mol. The Balaban J connectivity index is 1.47. The SMILES string of the molecule is O=C(Cc1ccccc1F)NC1CCc2[nH]c3ccccc3c2C1. The first kappa shape index (κ1) is 14.9. The molecule has 0 fully saturated rings. The minimum atomic E-state index is -0.324. The van der Waals surface area contributed by atoms with Gasteiger partial charge in [0.25, 0.3) is 0 Å². The third kappa shape index (κ3) is 2.80. The van der Waals surface area contributed by atoms with Crippen molar-refractivity contribution >= 4 is 16.8 Å². The molecule has 0 bridgehead atoms. The summed E-state index contributed by atoms with van der Waals surface area (Å²) in [4.78, 5) is 15.7. The van der Waals surface area contributed by atoms with Gasteiger partial charge in [0, 0.05) is 22.6 Å². The van der Waals surface area contributed by atoms with Crippen LogP contribution in [0.3, 0.4) is 0 Å². The zero-order chi connectivity index (χ0) is 16.5. The van der Waals surface area contributed by atoms with Crippen molar-refractivity contribution in [1.29, 1.82) is 0 Å². The second kappa shape index (κ2) is 6.11. The molecular formula is C20H19FN2O. The van der Waals surface area contributed by atoms with Crippen LogP contribution in [0.2, 0.25) is 0 Å². The number of aryl methyl sites for hydroxylation is 1. The van der Waals surface area contributed by atoms with Gasteiger partial charge < -0.3 is 10.3 Å². The number of aromatic nitrogens is 1. The topological polar surface area (TPSA) is 44.9 Å². The Hall–Kier alpha value is -2.62. The van der Waals surface area contributed by atoms with Gasteiger partial charge in [-0.1, -0.05) is 36.4 Å². The van der Waals surface area contributed by atoms with Crippen molar-refractivity contribution < 1.29 is 9.18 Å². The molecule has 4 rings (SSSR count). The number of carbonyl (C=O) groups excluding carboxylic acids is 1. The molecule has 2 aromatic carbocycles. The number of nitrogens with one attached hydrogen (secondary N) is 2. The number of fused-ring (bicyclic) bond motifs is 3. The highest BCUT2D eigenvalue weighted by Crippen LogP contribution is 2.29. The standard InChI is InChI=1S/C20H19FN2O/c21-17-7-3-1-5-13(17)11-20(24)22-14-9-10-19-16(12-14)15-6-2-4-8-18(15)23-19/h1-8,14,23H,9-12H2,(H,22,24). The van der Waals surface area contributed by atoms with Crippen LogP contribution in [0.4, 0.5) is 4.39 Å². The van der Waals surface area contributed by atoms with E-state index in [-0.39, 0.29) is 24.2 Å². The molecule has 1 heterocycles. The summed E-state index contributed by atoms with van der Waals surface area (Å²) in [5, 5.41) is 4.31. The molecule has 24 heavy (non-hydrogen) atoms. The smallest absolute Gasteiger partial charge is 0.224 e. The van der Waals surface area contributed by atoms with Crippen LogP contribution < -0.4 is 5.32 Å². The van der Waals surface area contributed by atoms with Crippen molar-refractivity contribution in [2.24, 2.45) is 0 Å². The molecule has 0 aliphatic heterocycles. The molecule has 0 spiro atoms. The summed E-state index contributed by atoms with van der Waals surface area (Å²) in [6.07, 6.45) is 2.74. The lowest BCUT2D eigenvalue weighted by molar-refractivity contribution is -0.121. The summed E-state index contributed by atoms with van der Waals surface area (Å²) in [5.74, 6) is -0.441. The average Bonchev–Trinajstić information content (AvgIpc) is 2.95. The van der Waals surface area contributed by atoms with Gasteiger partial charge in [-0.25, -0.2) is 4.39 Å². The van der Waals surface area contributed by atoms with Gasteiger partial charge in [-0.2, -0.15) is 0 Å². The summed E-state index contributed by atoms with van der Waals surface area (Å²) in [6, 6.07) is 14.8. The lowest BCUT2D eigenvalue weighted by atomic mass is 9.91. The van der Waals surface area contributed by atoms with Gasteiger partial charge in [0.2, 0.25) is 5.91 Å². The van der Waals surface area contributed by atoms with E-state index in [1.54, 1.807) is 18.2 Å². The fourth-order valence-electron chi connectivity index (χ4n) is 3.59. The molecule has 3 aromatic rings. The molecule has 0 saturated heterocycles.